The maximum atomic E-state index is 12.5. The monoisotopic (exact) mass is 292 g/mol. The number of hydrazone groups is 1. The number of halogens is 3. The van der Waals surface area contributed by atoms with Gasteiger partial charge in [-0.2, -0.15) is 18.3 Å². The summed E-state index contributed by atoms with van der Waals surface area (Å²) in [6.07, 6.45) is -3.24. The first kappa shape index (κ1) is 14.8. The van der Waals surface area contributed by atoms with Crippen molar-refractivity contribution in [1.82, 2.24) is 5.43 Å². The molecule has 0 aromatic heterocycles. The number of alkyl halides is 3. The van der Waals surface area contributed by atoms with E-state index in [9.17, 15) is 18.0 Å². The maximum Gasteiger partial charge on any atom is 0.416 e. The molecular formula is C15H11F3N2O. The van der Waals surface area contributed by atoms with Crippen LogP contribution in [0.2, 0.25) is 0 Å². The Kier molecular flexibility index (Phi) is 4.37. The number of hydrogen-bond donors (Lipinski definition) is 1. The SMILES string of the molecule is O=C(N/N=C/c1cccc(C(F)(F)F)c1)c1ccccc1. The molecule has 2 aromatic carbocycles. The quantitative estimate of drug-likeness (QED) is 0.683. The Labute approximate surface area is 119 Å². The highest BCUT2D eigenvalue weighted by molar-refractivity contribution is 5.94. The Hall–Kier alpha value is -2.63. The minimum absolute atomic E-state index is 0.248. The van der Waals surface area contributed by atoms with Crippen LogP contribution in [0.15, 0.2) is 59.7 Å². The average Bonchev–Trinajstić information content (AvgIpc) is 2.47. The molecule has 108 valence electrons. The van der Waals surface area contributed by atoms with Crippen LogP contribution < -0.4 is 5.43 Å². The van der Waals surface area contributed by atoms with Gasteiger partial charge in [0.1, 0.15) is 0 Å². The number of amides is 1. The van der Waals surface area contributed by atoms with Crippen molar-refractivity contribution in [3.05, 3.63) is 71.3 Å². The van der Waals surface area contributed by atoms with E-state index >= 15 is 0 Å². The molecule has 21 heavy (non-hydrogen) atoms. The van der Waals surface area contributed by atoms with Crippen molar-refractivity contribution in [3.8, 4) is 0 Å². The lowest BCUT2D eigenvalue weighted by Gasteiger charge is -2.06. The van der Waals surface area contributed by atoms with Crippen LogP contribution in [0.5, 0.6) is 0 Å². The summed E-state index contributed by atoms with van der Waals surface area (Å²) in [7, 11) is 0. The second-order valence-electron chi connectivity index (χ2n) is 4.19. The summed E-state index contributed by atoms with van der Waals surface area (Å²) < 4.78 is 37.6. The second-order valence-corrected chi connectivity index (χ2v) is 4.19. The molecule has 0 spiro atoms. The zero-order valence-electron chi connectivity index (χ0n) is 10.8. The lowest BCUT2D eigenvalue weighted by molar-refractivity contribution is -0.137. The Morgan fingerprint density at radius 3 is 2.43 bits per heavy atom. The first-order valence-corrected chi connectivity index (χ1v) is 6.02. The van der Waals surface area contributed by atoms with Crippen LogP contribution in [0.3, 0.4) is 0 Å². The summed E-state index contributed by atoms with van der Waals surface area (Å²) >= 11 is 0. The molecule has 3 nitrogen and oxygen atoms in total. The molecule has 0 aliphatic rings. The van der Waals surface area contributed by atoms with Crippen molar-refractivity contribution in [2.45, 2.75) is 6.18 Å². The van der Waals surface area contributed by atoms with Gasteiger partial charge in [0.15, 0.2) is 0 Å². The van der Waals surface area contributed by atoms with Gasteiger partial charge in [0, 0.05) is 5.56 Å². The van der Waals surface area contributed by atoms with Gasteiger partial charge in [-0.25, -0.2) is 5.43 Å². The Bertz CT molecular complexity index is 651. The van der Waals surface area contributed by atoms with Crippen molar-refractivity contribution < 1.29 is 18.0 Å². The van der Waals surface area contributed by atoms with E-state index in [-0.39, 0.29) is 5.56 Å². The number of carbonyl (C=O) groups excluding carboxylic acids is 1. The van der Waals surface area contributed by atoms with E-state index in [0.29, 0.717) is 5.56 Å². The predicted molar refractivity (Wildman–Crippen MR) is 72.9 cm³/mol. The molecule has 0 bridgehead atoms. The van der Waals surface area contributed by atoms with Crippen LogP contribution >= 0.6 is 0 Å². The first-order chi connectivity index (χ1) is 9.97. The summed E-state index contributed by atoms with van der Waals surface area (Å²) in [6, 6.07) is 13.1. The van der Waals surface area contributed by atoms with Crippen molar-refractivity contribution in [2.75, 3.05) is 0 Å². The van der Waals surface area contributed by atoms with Crippen molar-refractivity contribution >= 4 is 12.1 Å². The number of nitrogens with zero attached hydrogens (tertiary/aromatic N) is 1. The maximum absolute atomic E-state index is 12.5. The van der Waals surface area contributed by atoms with Crippen molar-refractivity contribution in [3.63, 3.8) is 0 Å². The van der Waals surface area contributed by atoms with E-state index in [1.807, 2.05) is 0 Å². The summed E-state index contributed by atoms with van der Waals surface area (Å²) in [5, 5.41) is 3.65. The molecule has 0 saturated heterocycles. The van der Waals surface area contributed by atoms with Gasteiger partial charge in [0.25, 0.3) is 5.91 Å². The normalized spacial score (nSPS) is 11.6. The number of rotatable bonds is 3. The second kappa shape index (κ2) is 6.21. The molecule has 0 heterocycles. The minimum Gasteiger partial charge on any atom is -0.267 e. The van der Waals surface area contributed by atoms with Gasteiger partial charge < -0.3 is 0 Å². The van der Waals surface area contributed by atoms with Gasteiger partial charge in [0.05, 0.1) is 11.8 Å². The topological polar surface area (TPSA) is 41.5 Å². The van der Waals surface area contributed by atoms with Gasteiger partial charge in [-0.05, 0) is 29.8 Å². The third kappa shape index (κ3) is 4.17. The van der Waals surface area contributed by atoms with E-state index in [1.54, 1.807) is 30.3 Å². The largest absolute Gasteiger partial charge is 0.416 e. The fraction of sp³-hybridized carbons (Fsp3) is 0.0667. The van der Waals surface area contributed by atoms with Crippen molar-refractivity contribution in [1.29, 1.82) is 0 Å². The van der Waals surface area contributed by atoms with Gasteiger partial charge in [-0.15, -0.1) is 0 Å². The number of nitrogens with one attached hydrogen (secondary N) is 1. The van der Waals surface area contributed by atoms with Crippen LogP contribution in [0.25, 0.3) is 0 Å². The molecule has 0 aliphatic carbocycles. The van der Waals surface area contributed by atoms with Crippen LogP contribution in [-0.4, -0.2) is 12.1 Å². The molecule has 2 aromatic rings. The Balaban J connectivity index is 2.04. The Morgan fingerprint density at radius 2 is 1.76 bits per heavy atom. The smallest absolute Gasteiger partial charge is 0.267 e. The zero-order chi connectivity index (χ0) is 15.3. The molecule has 1 amide bonds. The minimum atomic E-state index is -4.41. The van der Waals surface area contributed by atoms with E-state index in [2.05, 4.69) is 10.5 Å². The highest BCUT2D eigenvalue weighted by atomic mass is 19.4. The zero-order valence-corrected chi connectivity index (χ0v) is 10.8. The lowest BCUT2D eigenvalue weighted by atomic mass is 10.1. The molecular weight excluding hydrogens is 281 g/mol. The number of benzene rings is 2. The number of hydrogen-bond acceptors (Lipinski definition) is 2. The molecule has 0 radical (unpaired) electrons. The molecule has 0 unspecified atom stereocenters. The van der Waals surface area contributed by atoms with Crippen LogP contribution in [0.4, 0.5) is 13.2 Å². The van der Waals surface area contributed by atoms with E-state index in [1.165, 1.54) is 12.1 Å². The number of carbonyl (C=O) groups is 1. The lowest BCUT2D eigenvalue weighted by Crippen LogP contribution is -2.17. The average molecular weight is 292 g/mol. The molecule has 6 heteroatoms. The third-order valence-electron chi connectivity index (χ3n) is 2.63. The van der Waals surface area contributed by atoms with Gasteiger partial charge in [0.2, 0.25) is 0 Å². The van der Waals surface area contributed by atoms with Crippen molar-refractivity contribution in [2.24, 2.45) is 5.10 Å². The van der Waals surface area contributed by atoms with Crippen LogP contribution in [0, 0.1) is 0 Å². The molecule has 0 atom stereocenters. The predicted octanol–water partition coefficient (Wildman–Crippen LogP) is 3.47. The standard InChI is InChI=1S/C15H11F3N2O/c16-15(17,18)13-8-4-5-11(9-13)10-19-20-14(21)12-6-2-1-3-7-12/h1-10H,(H,20,21)/b19-10+. The molecule has 0 fully saturated rings. The Morgan fingerprint density at radius 1 is 1.05 bits per heavy atom. The fourth-order valence-electron chi connectivity index (χ4n) is 1.61. The molecule has 0 aliphatic heterocycles. The van der Waals surface area contributed by atoms with Gasteiger partial charge >= 0.3 is 6.18 Å². The molecule has 1 N–H and O–H groups in total. The third-order valence-corrected chi connectivity index (χ3v) is 2.63. The van der Waals surface area contributed by atoms with E-state index < -0.39 is 17.6 Å². The highest BCUT2D eigenvalue weighted by Gasteiger charge is 2.30. The summed E-state index contributed by atoms with van der Waals surface area (Å²) in [6.45, 7) is 0. The fourth-order valence-corrected chi connectivity index (χ4v) is 1.61. The van der Waals surface area contributed by atoms with E-state index in [0.717, 1.165) is 18.3 Å². The first-order valence-electron chi connectivity index (χ1n) is 6.02. The summed E-state index contributed by atoms with van der Waals surface area (Å²) in [5.74, 6) is -0.432. The summed E-state index contributed by atoms with van der Waals surface area (Å²) in [4.78, 5) is 11.7. The van der Waals surface area contributed by atoms with Gasteiger partial charge in [-0.3, -0.25) is 4.79 Å². The van der Waals surface area contributed by atoms with E-state index in [4.69, 9.17) is 0 Å². The van der Waals surface area contributed by atoms with Crippen LogP contribution in [0.1, 0.15) is 21.5 Å². The molecule has 2 rings (SSSR count). The highest BCUT2D eigenvalue weighted by Crippen LogP contribution is 2.29. The van der Waals surface area contributed by atoms with Crippen LogP contribution in [-0.2, 0) is 6.18 Å². The molecule has 0 saturated carbocycles. The summed E-state index contributed by atoms with van der Waals surface area (Å²) in [5.41, 5.74) is 2.16. The van der Waals surface area contributed by atoms with Gasteiger partial charge in [-0.1, -0.05) is 30.3 Å².